The van der Waals surface area contributed by atoms with Gasteiger partial charge >= 0.3 is 0 Å². The maximum absolute atomic E-state index is 13.0. The molecule has 3 heterocycles. The van der Waals surface area contributed by atoms with Crippen LogP contribution in [0.1, 0.15) is 84.7 Å². The van der Waals surface area contributed by atoms with Crippen molar-refractivity contribution in [3.05, 3.63) is 45.8 Å². The number of rotatable bonds is 4. The largest absolute Gasteiger partial charge is 0.504 e. The van der Waals surface area contributed by atoms with Crippen LogP contribution >= 0.6 is 0 Å². The Morgan fingerprint density at radius 1 is 1.00 bits per heavy atom. The molecule has 5 aliphatic carbocycles. The Kier molecular flexibility index (Phi) is 3.72. The van der Waals surface area contributed by atoms with Crippen molar-refractivity contribution in [1.29, 1.82) is 0 Å². The normalized spacial score (nSPS) is 36.4. The Morgan fingerprint density at radius 3 is 2.63 bits per heavy atom. The fourth-order valence-electron chi connectivity index (χ4n) is 9.16. The number of phenolic OH excluding ortho intramolecular Hbond substituents is 1. The first kappa shape index (κ1) is 20.1. The lowest BCUT2D eigenvalue weighted by Gasteiger charge is -2.63. The molecule has 9 rings (SSSR count). The maximum atomic E-state index is 13.0. The van der Waals surface area contributed by atoms with Crippen LogP contribution in [0.4, 0.5) is 0 Å². The summed E-state index contributed by atoms with van der Waals surface area (Å²) in [5, 5.41) is 24.0. The van der Waals surface area contributed by atoms with Gasteiger partial charge in [0, 0.05) is 36.8 Å². The molecular formula is C30H36N2O3. The van der Waals surface area contributed by atoms with E-state index < -0.39 is 11.0 Å². The number of aliphatic hydroxyl groups is 1. The Hall–Kier alpha value is -1.98. The highest BCUT2D eigenvalue weighted by Crippen LogP contribution is 2.69. The van der Waals surface area contributed by atoms with E-state index in [-0.39, 0.29) is 17.9 Å². The van der Waals surface area contributed by atoms with Crippen LogP contribution < -0.4 is 4.74 Å². The molecule has 1 saturated heterocycles. The van der Waals surface area contributed by atoms with E-state index in [4.69, 9.17) is 4.74 Å². The van der Waals surface area contributed by atoms with Crippen molar-refractivity contribution in [2.45, 2.75) is 100 Å². The number of aromatic hydroxyl groups is 1. The van der Waals surface area contributed by atoms with Crippen LogP contribution in [0.25, 0.3) is 0 Å². The van der Waals surface area contributed by atoms with E-state index in [1.807, 2.05) is 6.07 Å². The number of benzene rings is 1. The summed E-state index contributed by atoms with van der Waals surface area (Å²) in [5.74, 6) is 2.53. The number of hydrogen-bond donors (Lipinski definition) is 2. The van der Waals surface area contributed by atoms with Gasteiger partial charge in [-0.25, -0.2) is 0 Å². The Balaban J connectivity index is 1.31. The van der Waals surface area contributed by atoms with Gasteiger partial charge in [0.05, 0.1) is 16.7 Å². The molecule has 2 aliphatic heterocycles. The fraction of sp³-hybridized carbons (Fsp3) is 0.667. The minimum absolute atomic E-state index is 0.130. The average molecular weight is 473 g/mol. The second-order valence-corrected chi connectivity index (χ2v) is 13.0. The molecule has 0 radical (unpaired) electrons. The van der Waals surface area contributed by atoms with Crippen molar-refractivity contribution < 1.29 is 14.9 Å². The lowest BCUT2D eigenvalue weighted by molar-refractivity contribution is -0.174. The second kappa shape index (κ2) is 6.47. The molecule has 2 aromatic rings. The minimum Gasteiger partial charge on any atom is -0.504 e. The average Bonchev–Trinajstić information content (AvgIpc) is 3.77. The van der Waals surface area contributed by atoms with E-state index in [0.717, 1.165) is 69.1 Å². The standard InChI is InChI=1S/C30H36N2O3/c33-23-10-9-19-13-24-30(34)14-21-20-3-1-2-4-22(20)32(16-18-7-8-18)26(21)28-29(30,25(19)27(23)35-28)11-12-31(24)15-17-5-6-17/h9-10,17-18,24,28,33-34H,1-8,11-16H2/t24-,28+,29+,30-/m1/s1. The van der Waals surface area contributed by atoms with Crippen LogP contribution in [0.2, 0.25) is 0 Å². The summed E-state index contributed by atoms with van der Waals surface area (Å²) in [6, 6.07) is 4.09. The summed E-state index contributed by atoms with van der Waals surface area (Å²) in [6.07, 6.45) is 12.5. The topological polar surface area (TPSA) is 57.9 Å². The third kappa shape index (κ3) is 2.38. The summed E-state index contributed by atoms with van der Waals surface area (Å²) < 4.78 is 9.57. The predicted molar refractivity (Wildman–Crippen MR) is 132 cm³/mol. The van der Waals surface area contributed by atoms with Crippen LogP contribution in [-0.4, -0.2) is 44.4 Å². The van der Waals surface area contributed by atoms with Crippen LogP contribution in [0.3, 0.4) is 0 Å². The molecule has 1 aromatic carbocycles. The van der Waals surface area contributed by atoms with Gasteiger partial charge in [-0.3, -0.25) is 4.90 Å². The van der Waals surface area contributed by atoms with Gasteiger partial charge in [0.15, 0.2) is 17.6 Å². The van der Waals surface area contributed by atoms with Gasteiger partial charge < -0.3 is 19.5 Å². The lowest BCUT2D eigenvalue weighted by Crippen LogP contribution is -2.74. The zero-order valence-corrected chi connectivity index (χ0v) is 20.6. The third-order valence-electron chi connectivity index (χ3n) is 11.1. The number of fused-ring (bicyclic) bond motifs is 4. The van der Waals surface area contributed by atoms with Crippen molar-refractivity contribution in [1.82, 2.24) is 9.47 Å². The Morgan fingerprint density at radius 2 is 1.80 bits per heavy atom. The molecule has 2 saturated carbocycles. The monoisotopic (exact) mass is 472 g/mol. The van der Waals surface area contributed by atoms with Crippen molar-refractivity contribution in [3.63, 3.8) is 0 Å². The number of hydrogen-bond acceptors (Lipinski definition) is 4. The van der Waals surface area contributed by atoms with Gasteiger partial charge in [-0.05, 0) is 105 Å². The van der Waals surface area contributed by atoms with E-state index in [0.29, 0.717) is 5.75 Å². The van der Waals surface area contributed by atoms with Gasteiger partial charge in [0.25, 0.3) is 0 Å². The van der Waals surface area contributed by atoms with Gasteiger partial charge in [-0.2, -0.15) is 0 Å². The first-order valence-corrected chi connectivity index (χ1v) is 14.3. The number of ether oxygens (including phenoxy) is 1. The predicted octanol–water partition coefficient (Wildman–Crippen LogP) is 4.18. The second-order valence-electron chi connectivity index (χ2n) is 13.0. The molecule has 0 amide bonds. The van der Waals surface area contributed by atoms with Gasteiger partial charge in [0.1, 0.15) is 0 Å². The van der Waals surface area contributed by atoms with E-state index in [1.54, 1.807) is 5.69 Å². The van der Waals surface area contributed by atoms with Gasteiger partial charge in [0.2, 0.25) is 0 Å². The maximum Gasteiger partial charge on any atom is 0.166 e. The number of nitrogens with zero attached hydrogens (tertiary/aromatic N) is 2. The molecule has 7 aliphatic rings. The summed E-state index contributed by atoms with van der Waals surface area (Å²) in [6.45, 7) is 3.26. The zero-order chi connectivity index (χ0) is 23.1. The molecule has 1 spiro atoms. The number of aromatic nitrogens is 1. The molecular weight excluding hydrogens is 436 g/mol. The molecule has 1 aromatic heterocycles. The highest BCUT2D eigenvalue weighted by molar-refractivity contribution is 5.65. The van der Waals surface area contributed by atoms with Crippen LogP contribution in [0.5, 0.6) is 11.5 Å². The van der Waals surface area contributed by atoms with Crippen molar-refractivity contribution in [2.24, 2.45) is 11.8 Å². The van der Waals surface area contributed by atoms with Gasteiger partial charge in [-0.1, -0.05) is 6.07 Å². The smallest absolute Gasteiger partial charge is 0.166 e. The van der Waals surface area contributed by atoms with Crippen LogP contribution in [-0.2, 0) is 37.6 Å². The van der Waals surface area contributed by atoms with E-state index >= 15 is 0 Å². The zero-order valence-electron chi connectivity index (χ0n) is 20.6. The number of piperidine rings is 1. The molecule has 3 fully saturated rings. The summed E-state index contributed by atoms with van der Waals surface area (Å²) in [7, 11) is 0. The van der Waals surface area contributed by atoms with Crippen molar-refractivity contribution in [3.8, 4) is 11.5 Å². The summed E-state index contributed by atoms with van der Waals surface area (Å²) in [4.78, 5) is 2.65. The Bertz CT molecular complexity index is 1270. The SMILES string of the molecule is Oc1ccc2c3c1O[C@H]1c4c(c5c(n4CC4CC4)CCCC5)C[C@@]4(O)[C@@H](C2)N(CC2CC2)CC[C@]314. The molecule has 35 heavy (non-hydrogen) atoms. The first-order chi connectivity index (χ1) is 17.1. The highest BCUT2D eigenvalue weighted by Gasteiger charge is 2.73. The van der Waals surface area contributed by atoms with Crippen molar-refractivity contribution in [2.75, 3.05) is 13.1 Å². The molecule has 2 N–H and O–H groups in total. The molecule has 5 nitrogen and oxygen atoms in total. The van der Waals surface area contributed by atoms with Crippen LogP contribution in [0.15, 0.2) is 12.1 Å². The van der Waals surface area contributed by atoms with E-state index in [2.05, 4.69) is 15.5 Å². The van der Waals surface area contributed by atoms with Crippen molar-refractivity contribution >= 4 is 0 Å². The van der Waals surface area contributed by atoms with E-state index in [1.165, 1.54) is 60.9 Å². The molecule has 2 bridgehead atoms. The lowest BCUT2D eigenvalue weighted by atomic mass is 9.49. The molecule has 4 atom stereocenters. The number of likely N-dealkylation sites (tertiary alicyclic amines) is 1. The molecule has 0 unspecified atom stereocenters. The van der Waals surface area contributed by atoms with Gasteiger partial charge in [-0.15, -0.1) is 0 Å². The first-order valence-electron chi connectivity index (χ1n) is 14.3. The van der Waals surface area contributed by atoms with Crippen LogP contribution in [0, 0.1) is 11.8 Å². The highest BCUT2D eigenvalue weighted by atomic mass is 16.5. The fourth-order valence-corrected chi connectivity index (χ4v) is 9.16. The third-order valence-corrected chi connectivity index (χ3v) is 11.1. The quantitative estimate of drug-likeness (QED) is 0.701. The molecule has 5 heteroatoms. The number of phenols is 1. The minimum atomic E-state index is -0.846. The summed E-state index contributed by atoms with van der Waals surface area (Å²) in [5.41, 5.74) is 7.01. The Labute approximate surface area is 207 Å². The van der Waals surface area contributed by atoms with E-state index in [9.17, 15) is 10.2 Å². The summed E-state index contributed by atoms with van der Waals surface area (Å²) >= 11 is 0. The molecule has 184 valence electrons.